The van der Waals surface area contributed by atoms with E-state index in [9.17, 15) is 0 Å². The zero-order chi connectivity index (χ0) is 12.3. The molecule has 2 nitrogen and oxygen atoms in total. The van der Waals surface area contributed by atoms with E-state index in [1.165, 1.54) is 19.3 Å². The van der Waals surface area contributed by atoms with Crippen molar-refractivity contribution in [2.75, 3.05) is 5.32 Å². The van der Waals surface area contributed by atoms with E-state index in [0.29, 0.717) is 6.04 Å². The Labute approximate surface area is 104 Å². The minimum Gasteiger partial charge on any atom is -0.382 e. The molecule has 3 atom stereocenters. The second-order valence-corrected chi connectivity index (χ2v) is 5.30. The Morgan fingerprint density at radius 2 is 1.82 bits per heavy atom. The number of benzene rings is 1. The van der Waals surface area contributed by atoms with Gasteiger partial charge < -0.3 is 5.32 Å². The van der Waals surface area contributed by atoms with Gasteiger partial charge in [-0.1, -0.05) is 13.8 Å². The third-order valence-corrected chi connectivity index (χ3v) is 3.98. The molecule has 0 aliphatic heterocycles. The van der Waals surface area contributed by atoms with E-state index in [2.05, 4.69) is 25.2 Å². The average Bonchev–Trinajstić information content (AvgIpc) is 2.35. The largest absolute Gasteiger partial charge is 0.382 e. The van der Waals surface area contributed by atoms with Crippen LogP contribution in [0, 0.1) is 23.2 Å². The zero-order valence-corrected chi connectivity index (χ0v) is 10.6. The van der Waals surface area contributed by atoms with E-state index in [1.54, 1.807) is 0 Å². The fourth-order valence-corrected chi connectivity index (χ4v) is 2.56. The third kappa shape index (κ3) is 3.00. The summed E-state index contributed by atoms with van der Waals surface area (Å²) in [5, 5.41) is 12.3. The lowest BCUT2D eigenvalue weighted by Crippen LogP contribution is -2.30. The molecule has 0 saturated heterocycles. The van der Waals surface area contributed by atoms with Crippen molar-refractivity contribution in [3.05, 3.63) is 29.8 Å². The van der Waals surface area contributed by atoms with Crippen molar-refractivity contribution in [1.29, 1.82) is 5.26 Å². The summed E-state index contributed by atoms with van der Waals surface area (Å²) >= 11 is 0. The SMILES string of the molecule is CC1CCC(Nc2ccc(C#N)cc2)CC1C. The summed E-state index contributed by atoms with van der Waals surface area (Å²) in [6.07, 6.45) is 3.82. The smallest absolute Gasteiger partial charge is 0.0991 e. The molecule has 1 aliphatic rings. The van der Waals surface area contributed by atoms with E-state index in [4.69, 9.17) is 5.26 Å². The number of rotatable bonds is 2. The van der Waals surface area contributed by atoms with E-state index in [-0.39, 0.29) is 0 Å². The van der Waals surface area contributed by atoms with Crippen LogP contribution >= 0.6 is 0 Å². The molecule has 0 radical (unpaired) electrons. The molecule has 0 spiro atoms. The molecule has 0 aromatic heterocycles. The van der Waals surface area contributed by atoms with Crippen molar-refractivity contribution in [3.63, 3.8) is 0 Å². The van der Waals surface area contributed by atoms with Gasteiger partial charge >= 0.3 is 0 Å². The number of nitrogens with zero attached hydrogens (tertiary/aromatic N) is 1. The molecule has 2 heteroatoms. The van der Waals surface area contributed by atoms with Crippen molar-refractivity contribution >= 4 is 5.69 Å². The quantitative estimate of drug-likeness (QED) is 0.835. The van der Waals surface area contributed by atoms with Crippen LogP contribution in [-0.2, 0) is 0 Å². The van der Waals surface area contributed by atoms with E-state index < -0.39 is 0 Å². The maximum absolute atomic E-state index is 8.74. The normalized spacial score (nSPS) is 28.4. The molecular weight excluding hydrogens is 208 g/mol. The Morgan fingerprint density at radius 1 is 1.12 bits per heavy atom. The molecule has 17 heavy (non-hydrogen) atoms. The molecule has 1 saturated carbocycles. The van der Waals surface area contributed by atoms with E-state index >= 15 is 0 Å². The standard InChI is InChI=1S/C15H20N2/c1-11-3-6-15(9-12(11)2)17-14-7-4-13(10-16)5-8-14/h4-5,7-8,11-12,15,17H,3,6,9H2,1-2H3. The number of nitrogens with one attached hydrogen (secondary N) is 1. The fourth-order valence-electron chi connectivity index (χ4n) is 2.56. The first-order valence-corrected chi connectivity index (χ1v) is 6.45. The fraction of sp³-hybridized carbons (Fsp3) is 0.533. The molecule has 1 aromatic rings. The van der Waals surface area contributed by atoms with Crippen LogP contribution in [0.1, 0.15) is 38.7 Å². The zero-order valence-electron chi connectivity index (χ0n) is 10.6. The number of hydrogen-bond acceptors (Lipinski definition) is 2. The highest BCUT2D eigenvalue weighted by Gasteiger charge is 2.24. The van der Waals surface area contributed by atoms with E-state index in [1.807, 2.05) is 24.3 Å². The lowest BCUT2D eigenvalue weighted by molar-refractivity contribution is 0.261. The van der Waals surface area contributed by atoms with Gasteiger partial charge in [0, 0.05) is 11.7 Å². The van der Waals surface area contributed by atoms with Gasteiger partial charge in [-0.15, -0.1) is 0 Å². The maximum atomic E-state index is 8.74. The average molecular weight is 228 g/mol. The highest BCUT2D eigenvalue weighted by atomic mass is 14.9. The highest BCUT2D eigenvalue weighted by molar-refractivity contribution is 5.47. The van der Waals surface area contributed by atoms with Gasteiger partial charge in [-0.25, -0.2) is 0 Å². The second kappa shape index (κ2) is 5.23. The molecule has 0 heterocycles. The Morgan fingerprint density at radius 3 is 2.41 bits per heavy atom. The molecular formula is C15H20N2. The molecule has 1 aromatic carbocycles. The number of nitriles is 1. The third-order valence-electron chi connectivity index (χ3n) is 3.98. The van der Waals surface area contributed by atoms with Gasteiger partial charge in [0.1, 0.15) is 0 Å². The van der Waals surface area contributed by atoms with Crippen LogP contribution in [0.25, 0.3) is 0 Å². The highest BCUT2D eigenvalue weighted by Crippen LogP contribution is 2.30. The van der Waals surface area contributed by atoms with Gasteiger partial charge in [0.25, 0.3) is 0 Å². The summed E-state index contributed by atoms with van der Waals surface area (Å²) in [6, 6.07) is 10.5. The van der Waals surface area contributed by atoms with Crippen molar-refractivity contribution in [2.45, 2.75) is 39.2 Å². The van der Waals surface area contributed by atoms with Crippen LogP contribution in [0.2, 0.25) is 0 Å². The van der Waals surface area contributed by atoms with Crippen molar-refractivity contribution in [1.82, 2.24) is 0 Å². The van der Waals surface area contributed by atoms with Gasteiger partial charge in [-0.3, -0.25) is 0 Å². The lowest BCUT2D eigenvalue weighted by Gasteiger charge is -2.33. The van der Waals surface area contributed by atoms with Crippen molar-refractivity contribution in [3.8, 4) is 6.07 Å². The Hall–Kier alpha value is -1.49. The van der Waals surface area contributed by atoms with Gasteiger partial charge in [0.2, 0.25) is 0 Å². The van der Waals surface area contributed by atoms with Crippen molar-refractivity contribution < 1.29 is 0 Å². The number of hydrogen-bond donors (Lipinski definition) is 1. The molecule has 1 fully saturated rings. The summed E-state index contributed by atoms with van der Waals surface area (Å²) in [5.74, 6) is 1.66. The predicted molar refractivity (Wildman–Crippen MR) is 70.7 cm³/mol. The van der Waals surface area contributed by atoms with Gasteiger partial charge in [0.15, 0.2) is 0 Å². The molecule has 2 rings (SSSR count). The molecule has 1 aliphatic carbocycles. The summed E-state index contributed by atoms with van der Waals surface area (Å²) in [6.45, 7) is 4.69. The topological polar surface area (TPSA) is 35.8 Å². The first-order chi connectivity index (χ1) is 8.19. The number of anilines is 1. The summed E-state index contributed by atoms with van der Waals surface area (Å²) in [5.41, 5.74) is 1.86. The van der Waals surface area contributed by atoms with E-state index in [0.717, 1.165) is 23.1 Å². The minimum absolute atomic E-state index is 0.592. The molecule has 3 unspecified atom stereocenters. The second-order valence-electron chi connectivity index (χ2n) is 5.30. The van der Waals surface area contributed by atoms with Crippen LogP contribution in [0.5, 0.6) is 0 Å². The summed E-state index contributed by atoms with van der Waals surface area (Å²) in [7, 11) is 0. The van der Waals surface area contributed by atoms with Crippen LogP contribution in [-0.4, -0.2) is 6.04 Å². The monoisotopic (exact) mass is 228 g/mol. The molecule has 1 N–H and O–H groups in total. The van der Waals surface area contributed by atoms with Crippen molar-refractivity contribution in [2.24, 2.45) is 11.8 Å². The first-order valence-electron chi connectivity index (χ1n) is 6.45. The van der Waals surface area contributed by atoms with Crippen LogP contribution in [0.15, 0.2) is 24.3 Å². The van der Waals surface area contributed by atoms with Gasteiger partial charge in [0.05, 0.1) is 11.6 Å². The minimum atomic E-state index is 0.592. The summed E-state index contributed by atoms with van der Waals surface area (Å²) in [4.78, 5) is 0. The van der Waals surface area contributed by atoms with Gasteiger partial charge in [-0.2, -0.15) is 5.26 Å². The van der Waals surface area contributed by atoms with Gasteiger partial charge in [-0.05, 0) is 55.4 Å². The first kappa shape index (κ1) is 12.0. The van der Waals surface area contributed by atoms with Crippen LogP contribution in [0.3, 0.4) is 0 Å². The lowest BCUT2D eigenvalue weighted by atomic mass is 9.79. The summed E-state index contributed by atoms with van der Waals surface area (Å²) < 4.78 is 0. The maximum Gasteiger partial charge on any atom is 0.0991 e. The molecule has 0 bridgehead atoms. The Bertz CT molecular complexity index is 402. The Balaban J connectivity index is 1.94. The molecule has 90 valence electrons. The van der Waals surface area contributed by atoms with Crippen LogP contribution in [0.4, 0.5) is 5.69 Å². The molecule has 0 amide bonds. The predicted octanol–water partition coefficient (Wildman–Crippen LogP) is 3.79. The Kier molecular flexibility index (Phi) is 3.68. The van der Waals surface area contributed by atoms with Crippen LogP contribution < -0.4 is 5.32 Å².